The standard InChI is InChI=1S/C14H9BrF2O/c1-8-7-9(5-6-10(8)15)14(18)13-11(16)3-2-4-12(13)17/h2-7H,1H3. The molecule has 0 amide bonds. The number of halogens is 3. The average molecular weight is 311 g/mol. The largest absolute Gasteiger partial charge is 0.288 e. The number of carbonyl (C=O) groups excluding carboxylic acids is 1. The van der Waals surface area contributed by atoms with Crippen molar-refractivity contribution in [1.29, 1.82) is 0 Å². The summed E-state index contributed by atoms with van der Waals surface area (Å²) in [5.41, 5.74) is 0.580. The second-order valence-electron chi connectivity index (χ2n) is 3.89. The second kappa shape index (κ2) is 4.98. The van der Waals surface area contributed by atoms with Crippen LogP contribution in [0.4, 0.5) is 8.78 Å². The van der Waals surface area contributed by atoms with Crippen LogP contribution in [0, 0.1) is 18.6 Å². The summed E-state index contributed by atoms with van der Waals surface area (Å²) in [6.45, 7) is 1.80. The molecule has 0 aliphatic rings. The Morgan fingerprint density at radius 3 is 2.28 bits per heavy atom. The molecule has 0 aliphatic carbocycles. The van der Waals surface area contributed by atoms with Crippen molar-refractivity contribution >= 4 is 21.7 Å². The van der Waals surface area contributed by atoms with Gasteiger partial charge in [-0.2, -0.15) is 0 Å². The molecule has 0 unspecified atom stereocenters. The van der Waals surface area contributed by atoms with Crippen molar-refractivity contribution in [3.63, 3.8) is 0 Å². The molecule has 0 aliphatic heterocycles. The van der Waals surface area contributed by atoms with Gasteiger partial charge >= 0.3 is 0 Å². The highest BCUT2D eigenvalue weighted by atomic mass is 79.9. The van der Waals surface area contributed by atoms with Gasteiger partial charge in [0.05, 0.1) is 5.56 Å². The highest BCUT2D eigenvalue weighted by molar-refractivity contribution is 9.10. The van der Waals surface area contributed by atoms with E-state index in [1.165, 1.54) is 12.1 Å². The molecule has 2 rings (SSSR count). The first-order chi connectivity index (χ1) is 8.50. The smallest absolute Gasteiger partial charge is 0.198 e. The van der Waals surface area contributed by atoms with Gasteiger partial charge in [0.2, 0.25) is 0 Å². The van der Waals surface area contributed by atoms with Crippen LogP contribution in [0.3, 0.4) is 0 Å². The Bertz CT molecular complexity index is 603. The number of hydrogen-bond donors (Lipinski definition) is 0. The lowest BCUT2D eigenvalue weighted by atomic mass is 10.0. The number of rotatable bonds is 2. The van der Waals surface area contributed by atoms with Crippen LogP contribution < -0.4 is 0 Å². The fourth-order valence-electron chi connectivity index (χ4n) is 1.65. The SMILES string of the molecule is Cc1cc(C(=O)c2c(F)cccc2F)ccc1Br. The third-order valence-electron chi connectivity index (χ3n) is 2.61. The minimum atomic E-state index is -0.847. The fraction of sp³-hybridized carbons (Fsp3) is 0.0714. The van der Waals surface area contributed by atoms with Crippen molar-refractivity contribution in [2.24, 2.45) is 0 Å². The van der Waals surface area contributed by atoms with Gasteiger partial charge in [0.25, 0.3) is 0 Å². The van der Waals surface area contributed by atoms with E-state index in [1.54, 1.807) is 19.1 Å². The normalized spacial score (nSPS) is 10.4. The van der Waals surface area contributed by atoms with E-state index in [-0.39, 0.29) is 5.56 Å². The summed E-state index contributed by atoms with van der Waals surface area (Å²) < 4.78 is 27.8. The molecule has 92 valence electrons. The van der Waals surface area contributed by atoms with E-state index in [1.807, 2.05) is 0 Å². The number of aryl methyl sites for hydroxylation is 1. The lowest BCUT2D eigenvalue weighted by molar-refractivity contribution is 0.103. The van der Waals surface area contributed by atoms with Crippen molar-refractivity contribution in [2.75, 3.05) is 0 Å². The van der Waals surface area contributed by atoms with E-state index in [0.29, 0.717) is 0 Å². The molecule has 0 fully saturated rings. The number of carbonyl (C=O) groups is 1. The zero-order valence-electron chi connectivity index (χ0n) is 9.51. The van der Waals surface area contributed by atoms with Crippen LogP contribution in [0.1, 0.15) is 21.5 Å². The minimum Gasteiger partial charge on any atom is -0.288 e. The Labute approximate surface area is 112 Å². The Hall–Kier alpha value is -1.55. The molecule has 1 nitrogen and oxygen atoms in total. The van der Waals surface area contributed by atoms with Crippen molar-refractivity contribution in [3.8, 4) is 0 Å². The topological polar surface area (TPSA) is 17.1 Å². The van der Waals surface area contributed by atoms with E-state index in [0.717, 1.165) is 22.2 Å². The molecule has 0 aromatic heterocycles. The monoisotopic (exact) mass is 310 g/mol. The fourth-order valence-corrected chi connectivity index (χ4v) is 1.89. The maximum Gasteiger partial charge on any atom is 0.198 e. The van der Waals surface area contributed by atoms with Crippen LogP contribution in [0.25, 0.3) is 0 Å². The minimum absolute atomic E-state index is 0.264. The van der Waals surface area contributed by atoms with E-state index >= 15 is 0 Å². The molecule has 0 saturated carbocycles. The average Bonchev–Trinajstić information content (AvgIpc) is 2.32. The highest BCUT2D eigenvalue weighted by Gasteiger charge is 2.18. The molecule has 0 N–H and O–H groups in total. The molecule has 4 heteroatoms. The maximum atomic E-state index is 13.5. The Kier molecular flexibility index (Phi) is 3.57. The second-order valence-corrected chi connectivity index (χ2v) is 4.74. The summed E-state index contributed by atoms with van der Waals surface area (Å²) in [6.07, 6.45) is 0. The van der Waals surface area contributed by atoms with E-state index in [2.05, 4.69) is 15.9 Å². The lowest BCUT2D eigenvalue weighted by Crippen LogP contribution is -2.07. The molecular weight excluding hydrogens is 302 g/mol. The zero-order valence-corrected chi connectivity index (χ0v) is 11.1. The summed E-state index contributed by atoms with van der Waals surface area (Å²) >= 11 is 3.30. The molecule has 18 heavy (non-hydrogen) atoms. The molecule has 0 atom stereocenters. The lowest BCUT2D eigenvalue weighted by Gasteiger charge is -2.06. The van der Waals surface area contributed by atoms with Gasteiger partial charge in [0, 0.05) is 10.0 Å². The molecule has 2 aromatic carbocycles. The number of hydrogen-bond acceptors (Lipinski definition) is 1. The summed E-state index contributed by atoms with van der Waals surface area (Å²) in [6, 6.07) is 8.18. The third kappa shape index (κ3) is 2.34. The number of ketones is 1. The van der Waals surface area contributed by atoms with Gasteiger partial charge in [0.15, 0.2) is 5.78 Å². The van der Waals surface area contributed by atoms with Gasteiger partial charge < -0.3 is 0 Å². The van der Waals surface area contributed by atoms with Crippen LogP contribution in [0.5, 0.6) is 0 Å². The van der Waals surface area contributed by atoms with Gasteiger partial charge in [-0.05, 0) is 42.8 Å². The van der Waals surface area contributed by atoms with Gasteiger partial charge in [0.1, 0.15) is 11.6 Å². The Balaban J connectivity index is 2.51. The zero-order chi connectivity index (χ0) is 13.3. The Morgan fingerprint density at radius 2 is 1.72 bits per heavy atom. The molecule has 0 radical (unpaired) electrons. The quantitative estimate of drug-likeness (QED) is 0.757. The van der Waals surface area contributed by atoms with Crippen LogP contribution in [0.15, 0.2) is 40.9 Å². The van der Waals surface area contributed by atoms with Gasteiger partial charge in [-0.15, -0.1) is 0 Å². The predicted octanol–water partition coefficient (Wildman–Crippen LogP) is 4.27. The summed E-state index contributed by atoms with van der Waals surface area (Å²) in [4.78, 5) is 12.1. The highest BCUT2D eigenvalue weighted by Crippen LogP contribution is 2.21. The first-order valence-electron chi connectivity index (χ1n) is 5.25. The van der Waals surface area contributed by atoms with Crippen LogP contribution in [-0.2, 0) is 0 Å². The molecule has 0 saturated heterocycles. The Morgan fingerprint density at radius 1 is 1.11 bits per heavy atom. The molecule has 0 bridgehead atoms. The molecule has 0 spiro atoms. The summed E-state index contributed by atoms with van der Waals surface area (Å²) in [7, 11) is 0. The van der Waals surface area contributed by atoms with Gasteiger partial charge in [-0.3, -0.25) is 4.79 Å². The van der Waals surface area contributed by atoms with Crippen molar-refractivity contribution < 1.29 is 13.6 Å². The molecular formula is C14H9BrF2O. The van der Waals surface area contributed by atoms with Crippen molar-refractivity contribution in [1.82, 2.24) is 0 Å². The molecule has 2 aromatic rings. The van der Waals surface area contributed by atoms with Crippen LogP contribution >= 0.6 is 15.9 Å². The summed E-state index contributed by atoms with van der Waals surface area (Å²) in [5.74, 6) is -2.35. The molecule has 0 heterocycles. The summed E-state index contributed by atoms with van der Waals surface area (Å²) in [5, 5.41) is 0. The van der Waals surface area contributed by atoms with E-state index < -0.39 is 23.0 Å². The van der Waals surface area contributed by atoms with Gasteiger partial charge in [-0.25, -0.2) is 8.78 Å². The van der Waals surface area contributed by atoms with Crippen molar-refractivity contribution in [3.05, 3.63) is 69.2 Å². The first kappa shape index (κ1) is 12.9. The van der Waals surface area contributed by atoms with Crippen LogP contribution in [0.2, 0.25) is 0 Å². The van der Waals surface area contributed by atoms with E-state index in [9.17, 15) is 13.6 Å². The number of benzene rings is 2. The van der Waals surface area contributed by atoms with Crippen molar-refractivity contribution in [2.45, 2.75) is 6.92 Å². The maximum absolute atomic E-state index is 13.5. The third-order valence-corrected chi connectivity index (χ3v) is 3.50. The first-order valence-corrected chi connectivity index (χ1v) is 6.05. The van der Waals surface area contributed by atoms with E-state index in [4.69, 9.17) is 0 Å². The predicted molar refractivity (Wildman–Crippen MR) is 68.7 cm³/mol. The van der Waals surface area contributed by atoms with Gasteiger partial charge in [-0.1, -0.05) is 22.0 Å². The van der Waals surface area contributed by atoms with Crippen LogP contribution in [-0.4, -0.2) is 5.78 Å².